The molecule has 2 heterocycles. The molecule has 3 rings (SSSR count). The van der Waals surface area contributed by atoms with E-state index in [0.29, 0.717) is 16.7 Å². The number of anilines is 1. The molecule has 0 saturated heterocycles. The number of amides is 1. The Kier molecular flexibility index (Phi) is 4.05. The smallest absolute Gasteiger partial charge is 0.270 e. The van der Waals surface area contributed by atoms with Gasteiger partial charge >= 0.3 is 0 Å². The molecule has 3 aromatic rings. The summed E-state index contributed by atoms with van der Waals surface area (Å²) in [5.74, 6) is -0.0714. The third-order valence-corrected chi connectivity index (χ3v) is 3.68. The lowest BCUT2D eigenvalue weighted by Gasteiger charge is -2.12. The summed E-state index contributed by atoms with van der Waals surface area (Å²) in [4.78, 5) is 37.5. The standard InChI is InChI=1S/C16H15N5O4/c1-9(2)20-14(5-6-17-20)19-16(23)12-8-15(22)18-13-4-3-10(21(24)25)7-11(12)13/h3-9H,1-2H3,(H,18,22)(H,19,23). The number of carbonyl (C=O) groups is 1. The first-order valence-electron chi connectivity index (χ1n) is 7.53. The minimum atomic E-state index is -0.555. The van der Waals surface area contributed by atoms with E-state index >= 15 is 0 Å². The fraction of sp³-hybridized carbons (Fsp3) is 0.188. The molecule has 1 aromatic carbocycles. The zero-order valence-electron chi connectivity index (χ0n) is 13.5. The SMILES string of the molecule is CC(C)n1nccc1NC(=O)c1cc(=O)[nH]c2ccc([N+](=O)[O-])cc12. The number of aromatic nitrogens is 3. The van der Waals surface area contributed by atoms with Gasteiger partial charge in [-0.15, -0.1) is 0 Å². The van der Waals surface area contributed by atoms with Crippen molar-refractivity contribution in [2.24, 2.45) is 0 Å². The van der Waals surface area contributed by atoms with Gasteiger partial charge in [0.2, 0.25) is 5.56 Å². The first kappa shape index (κ1) is 16.4. The number of nitrogens with one attached hydrogen (secondary N) is 2. The second-order valence-corrected chi connectivity index (χ2v) is 5.74. The maximum atomic E-state index is 12.7. The number of aromatic amines is 1. The van der Waals surface area contributed by atoms with Gasteiger partial charge in [0.1, 0.15) is 5.82 Å². The summed E-state index contributed by atoms with van der Waals surface area (Å²) in [6.07, 6.45) is 1.55. The Bertz CT molecular complexity index is 1030. The van der Waals surface area contributed by atoms with Crippen molar-refractivity contribution < 1.29 is 9.72 Å². The molecule has 2 aromatic heterocycles. The first-order chi connectivity index (χ1) is 11.9. The summed E-state index contributed by atoms with van der Waals surface area (Å²) in [6, 6.07) is 6.73. The van der Waals surface area contributed by atoms with Crippen molar-refractivity contribution in [2.75, 3.05) is 5.32 Å². The van der Waals surface area contributed by atoms with Crippen molar-refractivity contribution in [1.29, 1.82) is 0 Å². The molecule has 0 bridgehead atoms. The Hall–Kier alpha value is -3.49. The van der Waals surface area contributed by atoms with Crippen molar-refractivity contribution in [2.45, 2.75) is 19.9 Å². The van der Waals surface area contributed by atoms with Crippen LogP contribution in [0.25, 0.3) is 10.9 Å². The summed E-state index contributed by atoms with van der Waals surface area (Å²) in [5.41, 5.74) is -0.232. The molecule has 0 fully saturated rings. The Morgan fingerprint density at radius 2 is 2.08 bits per heavy atom. The van der Waals surface area contributed by atoms with Gasteiger partial charge in [0, 0.05) is 41.2 Å². The summed E-state index contributed by atoms with van der Waals surface area (Å²) in [5, 5.41) is 18.1. The second kappa shape index (κ2) is 6.19. The molecule has 25 heavy (non-hydrogen) atoms. The largest absolute Gasteiger partial charge is 0.322 e. The van der Waals surface area contributed by atoms with Crippen LogP contribution in [0, 0.1) is 10.1 Å². The lowest BCUT2D eigenvalue weighted by molar-refractivity contribution is -0.384. The number of H-pyrrole nitrogens is 1. The van der Waals surface area contributed by atoms with E-state index in [1.165, 1.54) is 18.2 Å². The molecule has 0 saturated carbocycles. The molecule has 9 heteroatoms. The Balaban J connectivity index is 2.08. The fourth-order valence-corrected chi connectivity index (χ4v) is 2.55. The molecule has 0 unspecified atom stereocenters. The van der Waals surface area contributed by atoms with Crippen LogP contribution in [-0.2, 0) is 0 Å². The number of carbonyl (C=O) groups excluding carboxylic acids is 1. The molecule has 0 atom stereocenters. The lowest BCUT2D eigenvalue weighted by Crippen LogP contribution is -2.19. The van der Waals surface area contributed by atoms with E-state index < -0.39 is 16.4 Å². The number of fused-ring (bicyclic) bond motifs is 1. The zero-order valence-corrected chi connectivity index (χ0v) is 13.5. The highest BCUT2D eigenvalue weighted by molar-refractivity contribution is 6.12. The summed E-state index contributed by atoms with van der Waals surface area (Å²) >= 11 is 0. The van der Waals surface area contributed by atoms with E-state index in [1.807, 2.05) is 13.8 Å². The molecule has 1 amide bonds. The minimum absolute atomic E-state index is 0.0299. The van der Waals surface area contributed by atoms with E-state index in [9.17, 15) is 19.7 Å². The Labute approximate surface area is 141 Å². The van der Waals surface area contributed by atoms with Gasteiger partial charge in [-0.3, -0.25) is 19.7 Å². The highest BCUT2D eigenvalue weighted by Gasteiger charge is 2.17. The van der Waals surface area contributed by atoms with Gasteiger partial charge < -0.3 is 10.3 Å². The van der Waals surface area contributed by atoms with Crippen LogP contribution in [0.15, 0.2) is 41.3 Å². The number of nitrogens with zero attached hydrogens (tertiary/aromatic N) is 3. The van der Waals surface area contributed by atoms with Crippen molar-refractivity contribution in [3.63, 3.8) is 0 Å². The zero-order chi connectivity index (χ0) is 18.1. The third kappa shape index (κ3) is 3.11. The van der Waals surface area contributed by atoms with Gasteiger partial charge in [-0.2, -0.15) is 5.10 Å². The third-order valence-electron chi connectivity index (χ3n) is 3.68. The van der Waals surface area contributed by atoms with Crippen LogP contribution < -0.4 is 10.9 Å². The lowest BCUT2D eigenvalue weighted by atomic mass is 10.1. The molecule has 9 nitrogen and oxygen atoms in total. The van der Waals surface area contributed by atoms with Crippen molar-refractivity contribution in [3.8, 4) is 0 Å². The second-order valence-electron chi connectivity index (χ2n) is 5.74. The normalized spacial score (nSPS) is 11.0. The topological polar surface area (TPSA) is 123 Å². The first-order valence-corrected chi connectivity index (χ1v) is 7.53. The predicted octanol–water partition coefficient (Wildman–Crippen LogP) is 2.47. The molecule has 0 spiro atoms. The van der Waals surface area contributed by atoms with Crippen molar-refractivity contribution in [3.05, 3.63) is 62.6 Å². The monoisotopic (exact) mass is 341 g/mol. The maximum absolute atomic E-state index is 12.7. The molecular weight excluding hydrogens is 326 g/mol. The van der Waals surface area contributed by atoms with Crippen molar-refractivity contribution >= 4 is 28.3 Å². The van der Waals surface area contributed by atoms with Gasteiger partial charge in [0.25, 0.3) is 11.6 Å². The molecule has 0 aliphatic heterocycles. The number of benzene rings is 1. The molecule has 2 N–H and O–H groups in total. The van der Waals surface area contributed by atoms with Gasteiger partial charge in [0.15, 0.2) is 0 Å². The number of non-ortho nitro benzene ring substituents is 1. The highest BCUT2D eigenvalue weighted by Crippen LogP contribution is 2.23. The quantitative estimate of drug-likeness (QED) is 0.557. The van der Waals surface area contributed by atoms with E-state index in [1.54, 1.807) is 16.9 Å². The summed E-state index contributed by atoms with van der Waals surface area (Å²) in [7, 11) is 0. The number of pyridine rings is 1. The Morgan fingerprint density at radius 3 is 2.76 bits per heavy atom. The molecule has 128 valence electrons. The van der Waals surface area contributed by atoms with Gasteiger partial charge in [-0.1, -0.05) is 0 Å². The highest BCUT2D eigenvalue weighted by atomic mass is 16.6. The van der Waals surface area contributed by atoms with Crippen LogP contribution in [0.4, 0.5) is 11.5 Å². The molecule has 0 aliphatic rings. The average Bonchev–Trinajstić information content (AvgIpc) is 3.01. The number of nitro groups is 1. The van der Waals surface area contributed by atoms with Crippen molar-refractivity contribution in [1.82, 2.24) is 14.8 Å². The molecule has 0 aliphatic carbocycles. The van der Waals surface area contributed by atoms with Crippen LogP contribution in [0.2, 0.25) is 0 Å². The average molecular weight is 341 g/mol. The van der Waals surface area contributed by atoms with E-state index in [0.717, 1.165) is 6.07 Å². The van der Waals surface area contributed by atoms with Gasteiger partial charge in [0.05, 0.1) is 16.7 Å². The number of hydrogen-bond acceptors (Lipinski definition) is 5. The summed E-state index contributed by atoms with van der Waals surface area (Å²) < 4.78 is 1.62. The maximum Gasteiger partial charge on any atom is 0.270 e. The Morgan fingerprint density at radius 1 is 1.32 bits per heavy atom. The van der Waals surface area contributed by atoms with Crippen LogP contribution in [0.1, 0.15) is 30.2 Å². The summed E-state index contributed by atoms with van der Waals surface area (Å²) in [6.45, 7) is 3.82. The van der Waals surface area contributed by atoms with Crippen LogP contribution in [0.5, 0.6) is 0 Å². The fourth-order valence-electron chi connectivity index (χ4n) is 2.55. The van der Waals surface area contributed by atoms with E-state index in [-0.39, 0.29) is 17.3 Å². The number of hydrogen-bond donors (Lipinski definition) is 2. The number of nitro benzene ring substituents is 1. The van der Waals surface area contributed by atoms with Gasteiger partial charge in [-0.05, 0) is 19.9 Å². The number of rotatable bonds is 4. The van der Waals surface area contributed by atoms with Crippen LogP contribution in [-0.4, -0.2) is 25.6 Å². The van der Waals surface area contributed by atoms with Crippen LogP contribution in [0.3, 0.4) is 0 Å². The van der Waals surface area contributed by atoms with E-state index in [2.05, 4.69) is 15.4 Å². The molecular formula is C16H15N5O4. The minimum Gasteiger partial charge on any atom is -0.322 e. The van der Waals surface area contributed by atoms with Crippen LogP contribution >= 0.6 is 0 Å². The van der Waals surface area contributed by atoms with Gasteiger partial charge in [-0.25, -0.2) is 4.68 Å². The molecule has 0 radical (unpaired) electrons. The predicted molar refractivity (Wildman–Crippen MR) is 91.8 cm³/mol. The van der Waals surface area contributed by atoms with E-state index in [4.69, 9.17) is 0 Å².